The fourth-order valence-electron chi connectivity index (χ4n) is 3.68. The number of amides is 1. The van der Waals surface area contributed by atoms with Gasteiger partial charge in [-0.1, -0.05) is 18.2 Å². The van der Waals surface area contributed by atoms with Crippen molar-refractivity contribution in [2.45, 2.75) is 12.6 Å². The molecule has 0 aliphatic carbocycles. The summed E-state index contributed by atoms with van der Waals surface area (Å²) in [4.78, 5) is 22.0. The van der Waals surface area contributed by atoms with Crippen LogP contribution in [0.1, 0.15) is 22.2 Å². The van der Waals surface area contributed by atoms with Crippen LogP contribution < -0.4 is 4.74 Å². The normalized spacial score (nSPS) is 16.0. The third kappa shape index (κ3) is 3.22. The van der Waals surface area contributed by atoms with E-state index < -0.39 is 5.82 Å². The van der Waals surface area contributed by atoms with Gasteiger partial charge in [-0.25, -0.2) is 9.37 Å². The maximum absolute atomic E-state index is 13.8. The molecule has 29 heavy (non-hydrogen) atoms. The van der Waals surface area contributed by atoms with Gasteiger partial charge in [-0.2, -0.15) is 5.10 Å². The molecule has 1 amide bonds. The van der Waals surface area contributed by atoms with E-state index in [-0.39, 0.29) is 24.4 Å². The second-order valence-corrected chi connectivity index (χ2v) is 6.98. The van der Waals surface area contributed by atoms with Crippen LogP contribution in [0, 0.1) is 5.82 Å². The minimum atomic E-state index is -0.519. The van der Waals surface area contributed by atoms with Crippen LogP contribution in [0.4, 0.5) is 4.39 Å². The van der Waals surface area contributed by atoms with Crippen molar-refractivity contribution in [2.24, 2.45) is 0 Å². The van der Waals surface area contributed by atoms with Crippen molar-refractivity contribution >= 4 is 16.8 Å². The predicted octanol–water partition coefficient (Wildman–Crippen LogP) is 3.17. The lowest BCUT2D eigenvalue weighted by Gasteiger charge is -2.33. The number of benzene rings is 1. The third-order valence-electron chi connectivity index (χ3n) is 5.07. The maximum atomic E-state index is 13.8. The molecule has 0 unspecified atom stereocenters. The number of pyridine rings is 1. The van der Waals surface area contributed by atoms with Gasteiger partial charge in [0, 0.05) is 29.8 Å². The van der Waals surface area contributed by atoms with E-state index in [1.54, 1.807) is 11.1 Å². The second kappa shape index (κ2) is 7.05. The van der Waals surface area contributed by atoms with E-state index in [0.29, 0.717) is 18.8 Å². The van der Waals surface area contributed by atoms with Gasteiger partial charge in [0.1, 0.15) is 18.3 Å². The molecule has 1 atom stereocenters. The summed E-state index contributed by atoms with van der Waals surface area (Å²) in [5.74, 6) is -0.669. The first-order valence-electron chi connectivity index (χ1n) is 9.32. The summed E-state index contributed by atoms with van der Waals surface area (Å²) in [5.41, 5.74) is 2.36. The van der Waals surface area contributed by atoms with Gasteiger partial charge in [0.15, 0.2) is 5.82 Å². The minimum absolute atomic E-state index is 0.0553. The fraction of sp³-hybridized carbons (Fsp3) is 0.190. The highest BCUT2D eigenvalue weighted by Crippen LogP contribution is 2.24. The molecule has 0 saturated heterocycles. The molecule has 4 aromatic rings. The molecular weight excluding hydrogens is 373 g/mol. The number of nitrogens with zero attached hydrogens (tertiary/aromatic N) is 4. The summed E-state index contributed by atoms with van der Waals surface area (Å²) in [6, 6.07) is 14.1. The van der Waals surface area contributed by atoms with Crippen LogP contribution in [0.25, 0.3) is 10.9 Å². The number of carbonyl (C=O) groups is 1. The molecule has 146 valence electrons. The second-order valence-electron chi connectivity index (χ2n) is 6.98. The molecule has 1 N–H and O–H groups in total. The van der Waals surface area contributed by atoms with Crippen molar-refractivity contribution in [1.82, 2.24) is 24.6 Å². The monoisotopic (exact) mass is 391 g/mol. The summed E-state index contributed by atoms with van der Waals surface area (Å²) >= 11 is 0. The van der Waals surface area contributed by atoms with Crippen LogP contribution in [-0.4, -0.2) is 43.7 Å². The molecule has 0 bridgehead atoms. The first-order chi connectivity index (χ1) is 14.2. The Labute approximate surface area is 165 Å². The van der Waals surface area contributed by atoms with Crippen LogP contribution in [-0.2, 0) is 6.54 Å². The van der Waals surface area contributed by atoms with E-state index in [0.717, 1.165) is 16.6 Å². The first kappa shape index (κ1) is 17.4. The molecule has 7 nitrogen and oxygen atoms in total. The lowest BCUT2D eigenvalue weighted by molar-refractivity contribution is 0.0624. The molecule has 0 fully saturated rings. The first-order valence-corrected chi connectivity index (χ1v) is 9.32. The number of hydrogen-bond acceptors (Lipinski definition) is 4. The Morgan fingerprint density at radius 1 is 1.21 bits per heavy atom. The van der Waals surface area contributed by atoms with Crippen LogP contribution in [0.3, 0.4) is 0 Å². The van der Waals surface area contributed by atoms with Crippen LogP contribution in [0.5, 0.6) is 5.88 Å². The van der Waals surface area contributed by atoms with Crippen LogP contribution in [0.15, 0.2) is 60.9 Å². The minimum Gasteiger partial charge on any atom is -0.473 e. The Morgan fingerprint density at radius 3 is 2.97 bits per heavy atom. The molecule has 1 aromatic carbocycles. The zero-order chi connectivity index (χ0) is 19.8. The highest BCUT2D eigenvalue weighted by molar-refractivity contribution is 5.98. The zero-order valence-corrected chi connectivity index (χ0v) is 15.5. The highest BCUT2D eigenvalue weighted by atomic mass is 19.1. The number of rotatable bonds is 4. The van der Waals surface area contributed by atoms with E-state index in [9.17, 15) is 9.18 Å². The van der Waals surface area contributed by atoms with Crippen molar-refractivity contribution in [1.29, 1.82) is 0 Å². The summed E-state index contributed by atoms with van der Waals surface area (Å²) in [6.45, 7) is 0.999. The number of aromatic nitrogens is 4. The molecular formula is C21H18FN5O2. The van der Waals surface area contributed by atoms with Gasteiger partial charge < -0.3 is 14.6 Å². The van der Waals surface area contributed by atoms with Crippen molar-refractivity contribution in [3.05, 3.63) is 78.1 Å². The number of carbonyl (C=O) groups excluding carboxylic acids is 1. The number of hydrogen-bond donors (Lipinski definition) is 1. The molecule has 3 aromatic heterocycles. The van der Waals surface area contributed by atoms with Crippen molar-refractivity contribution in [3.8, 4) is 5.88 Å². The Bertz CT molecular complexity index is 1150. The average Bonchev–Trinajstić information content (AvgIpc) is 3.39. The van der Waals surface area contributed by atoms with Gasteiger partial charge in [0.05, 0.1) is 12.2 Å². The topological polar surface area (TPSA) is 76.0 Å². The average molecular weight is 391 g/mol. The number of para-hydroxylation sites is 1. The lowest BCUT2D eigenvalue weighted by atomic mass is 10.2. The van der Waals surface area contributed by atoms with Crippen LogP contribution in [0.2, 0.25) is 0 Å². The lowest BCUT2D eigenvalue weighted by Crippen LogP contribution is -2.43. The number of ether oxygens (including phenoxy) is 1. The Hall–Kier alpha value is -3.68. The Kier molecular flexibility index (Phi) is 4.23. The number of fused-ring (bicyclic) bond motifs is 2. The molecule has 5 rings (SSSR count). The number of nitrogens with one attached hydrogen (secondary N) is 1. The highest BCUT2D eigenvalue weighted by Gasteiger charge is 2.30. The third-order valence-corrected chi connectivity index (χ3v) is 5.07. The van der Waals surface area contributed by atoms with Gasteiger partial charge in [-0.3, -0.25) is 9.48 Å². The molecule has 4 heterocycles. The summed E-state index contributed by atoms with van der Waals surface area (Å²) in [5, 5.41) is 5.34. The fourth-order valence-corrected chi connectivity index (χ4v) is 3.68. The SMILES string of the molecule is O=C(c1cc2ccccc2[nH]1)N1Cc2ccnn2[C@@H](COc2ncccc2F)C1. The molecule has 1 aliphatic rings. The number of halogens is 1. The predicted molar refractivity (Wildman–Crippen MR) is 104 cm³/mol. The van der Waals surface area contributed by atoms with Crippen LogP contribution >= 0.6 is 0 Å². The van der Waals surface area contributed by atoms with Gasteiger partial charge in [0.25, 0.3) is 5.91 Å². The molecule has 1 aliphatic heterocycles. The van der Waals surface area contributed by atoms with E-state index in [1.165, 1.54) is 18.3 Å². The van der Waals surface area contributed by atoms with Gasteiger partial charge >= 0.3 is 0 Å². The molecule has 0 spiro atoms. The van der Waals surface area contributed by atoms with Crippen molar-refractivity contribution in [2.75, 3.05) is 13.2 Å². The molecule has 8 heteroatoms. The summed E-state index contributed by atoms with van der Waals surface area (Å²) < 4.78 is 21.2. The maximum Gasteiger partial charge on any atom is 0.270 e. The standard InChI is InChI=1S/C21H18FN5O2/c22-17-5-3-8-23-20(17)29-13-16-12-26(11-15-7-9-24-27(15)16)21(28)19-10-14-4-1-2-6-18(14)25-19/h1-10,16,25H,11-13H2/t16-/m1/s1. The van der Waals surface area contributed by atoms with E-state index >= 15 is 0 Å². The van der Waals surface area contributed by atoms with E-state index in [2.05, 4.69) is 15.1 Å². The molecule has 0 radical (unpaired) electrons. The smallest absolute Gasteiger partial charge is 0.270 e. The molecule has 0 saturated carbocycles. The van der Waals surface area contributed by atoms with Crippen molar-refractivity contribution < 1.29 is 13.9 Å². The quantitative estimate of drug-likeness (QED) is 0.580. The Balaban J connectivity index is 1.38. The summed E-state index contributed by atoms with van der Waals surface area (Å²) in [7, 11) is 0. The van der Waals surface area contributed by atoms with Gasteiger partial charge in [-0.05, 0) is 30.3 Å². The van der Waals surface area contributed by atoms with Crippen molar-refractivity contribution in [3.63, 3.8) is 0 Å². The van der Waals surface area contributed by atoms with Gasteiger partial charge in [0.2, 0.25) is 5.88 Å². The Morgan fingerprint density at radius 2 is 2.10 bits per heavy atom. The number of aromatic amines is 1. The number of H-pyrrole nitrogens is 1. The largest absolute Gasteiger partial charge is 0.473 e. The van der Waals surface area contributed by atoms with E-state index in [4.69, 9.17) is 4.74 Å². The van der Waals surface area contributed by atoms with Gasteiger partial charge in [-0.15, -0.1) is 0 Å². The van der Waals surface area contributed by atoms with E-state index in [1.807, 2.05) is 41.1 Å². The zero-order valence-electron chi connectivity index (χ0n) is 15.5. The summed E-state index contributed by atoms with van der Waals surface area (Å²) in [6.07, 6.45) is 3.17.